The quantitative estimate of drug-likeness (QED) is 0.668. The smallest absolute Gasteiger partial charge is 0.274 e. The zero-order valence-electron chi connectivity index (χ0n) is 11.0. The van der Waals surface area contributed by atoms with Gasteiger partial charge in [0, 0.05) is 23.9 Å². The van der Waals surface area contributed by atoms with Crippen LogP contribution in [0.5, 0.6) is 0 Å². The SMILES string of the molecule is Cc1cccc(CNc2ccc(C)c([N+](=O)[O-])c2)c1. The highest BCUT2D eigenvalue weighted by molar-refractivity contribution is 5.55. The molecule has 0 fully saturated rings. The van der Waals surface area contributed by atoms with Crippen molar-refractivity contribution in [2.24, 2.45) is 0 Å². The average molecular weight is 256 g/mol. The number of aryl methyl sites for hydroxylation is 2. The summed E-state index contributed by atoms with van der Waals surface area (Å²) in [5, 5.41) is 14.1. The topological polar surface area (TPSA) is 55.2 Å². The van der Waals surface area contributed by atoms with Crippen LogP contribution in [0.2, 0.25) is 0 Å². The molecule has 19 heavy (non-hydrogen) atoms. The van der Waals surface area contributed by atoms with Crippen LogP contribution in [0.25, 0.3) is 0 Å². The van der Waals surface area contributed by atoms with Gasteiger partial charge in [-0.15, -0.1) is 0 Å². The minimum atomic E-state index is -0.354. The Kier molecular flexibility index (Phi) is 3.80. The van der Waals surface area contributed by atoms with Crippen molar-refractivity contribution in [2.75, 3.05) is 5.32 Å². The lowest BCUT2D eigenvalue weighted by atomic mass is 10.1. The number of nitrogens with zero attached hydrogens (tertiary/aromatic N) is 1. The van der Waals surface area contributed by atoms with Crippen molar-refractivity contribution < 1.29 is 4.92 Å². The fraction of sp³-hybridized carbons (Fsp3) is 0.200. The molecule has 0 aliphatic heterocycles. The summed E-state index contributed by atoms with van der Waals surface area (Å²) < 4.78 is 0. The number of rotatable bonds is 4. The maximum Gasteiger partial charge on any atom is 0.274 e. The molecule has 2 aromatic carbocycles. The summed E-state index contributed by atoms with van der Waals surface area (Å²) in [6.45, 7) is 4.44. The Bertz CT molecular complexity index is 609. The van der Waals surface area contributed by atoms with Crippen LogP contribution in [0.4, 0.5) is 11.4 Å². The first-order valence-electron chi connectivity index (χ1n) is 6.11. The van der Waals surface area contributed by atoms with E-state index in [0.717, 1.165) is 11.3 Å². The third kappa shape index (κ3) is 3.31. The molecule has 0 bridgehead atoms. The highest BCUT2D eigenvalue weighted by atomic mass is 16.6. The number of nitro groups is 1. The van der Waals surface area contributed by atoms with Crippen molar-refractivity contribution in [2.45, 2.75) is 20.4 Å². The molecular weight excluding hydrogens is 240 g/mol. The molecule has 0 saturated heterocycles. The van der Waals surface area contributed by atoms with Gasteiger partial charge in [0.25, 0.3) is 5.69 Å². The van der Waals surface area contributed by atoms with Crippen molar-refractivity contribution in [3.63, 3.8) is 0 Å². The van der Waals surface area contributed by atoms with E-state index in [4.69, 9.17) is 0 Å². The normalized spacial score (nSPS) is 10.2. The molecule has 0 radical (unpaired) electrons. The Labute approximate surface area is 112 Å². The van der Waals surface area contributed by atoms with E-state index in [1.165, 1.54) is 5.56 Å². The number of hydrogen-bond acceptors (Lipinski definition) is 3. The largest absolute Gasteiger partial charge is 0.381 e. The number of nitrogens with one attached hydrogen (secondary N) is 1. The van der Waals surface area contributed by atoms with Crippen molar-refractivity contribution in [1.82, 2.24) is 0 Å². The molecule has 0 unspecified atom stereocenters. The fourth-order valence-electron chi connectivity index (χ4n) is 1.94. The summed E-state index contributed by atoms with van der Waals surface area (Å²) >= 11 is 0. The van der Waals surface area contributed by atoms with E-state index < -0.39 is 0 Å². The first-order valence-corrected chi connectivity index (χ1v) is 6.11. The minimum Gasteiger partial charge on any atom is -0.381 e. The lowest BCUT2D eigenvalue weighted by molar-refractivity contribution is -0.385. The average Bonchev–Trinajstić information content (AvgIpc) is 2.37. The molecule has 0 saturated carbocycles. The van der Waals surface area contributed by atoms with E-state index in [-0.39, 0.29) is 10.6 Å². The molecule has 0 amide bonds. The molecule has 0 aromatic heterocycles. The highest BCUT2D eigenvalue weighted by Crippen LogP contribution is 2.22. The molecule has 0 aliphatic carbocycles. The maximum absolute atomic E-state index is 10.9. The predicted molar refractivity (Wildman–Crippen MR) is 76.3 cm³/mol. The molecule has 0 heterocycles. The zero-order chi connectivity index (χ0) is 13.8. The van der Waals surface area contributed by atoms with Gasteiger partial charge in [0.15, 0.2) is 0 Å². The molecule has 2 aromatic rings. The van der Waals surface area contributed by atoms with Crippen molar-refractivity contribution in [1.29, 1.82) is 0 Å². The van der Waals surface area contributed by atoms with Crippen molar-refractivity contribution in [3.05, 3.63) is 69.3 Å². The summed E-state index contributed by atoms with van der Waals surface area (Å²) in [5.74, 6) is 0. The van der Waals surface area contributed by atoms with Crippen LogP contribution in [0, 0.1) is 24.0 Å². The summed E-state index contributed by atoms with van der Waals surface area (Å²) in [4.78, 5) is 10.5. The van der Waals surface area contributed by atoms with E-state index in [1.54, 1.807) is 19.1 Å². The van der Waals surface area contributed by atoms with Crippen LogP contribution in [0.1, 0.15) is 16.7 Å². The lowest BCUT2D eigenvalue weighted by Crippen LogP contribution is -2.01. The van der Waals surface area contributed by atoms with E-state index in [2.05, 4.69) is 11.4 Å². The Morgan fingerprint density at radius 3 is 2.63 bits per heavy atom. The molecule has 1 N–H and O–H groups in total. The van der Waals surface area contributed by atoms with Gasteiger partial charge in [0.2, 0.25) is 0 Å². The fourth-order valence-corrected chi connectivity index (χ4v) is 1.94. The minimum absolute atomic E-state index is 0.147. The monoisotopic (exact) mass is 256 g/mol. The van der Waals surface area contributed by atoms with Gasteiger partial charge in [0.1, 0.15) is 0 Å². The lowest BCUT2D eigenvalue weighted by Gasteiger charge is -2.08. The van der Waals surface area contributed by atoms with Gasteiger partial charge in [-0.25, -0.2) is 0 Å². The third-order valence-electron chi connectivity index (χ3n) is 2.98. The Morgan fingerprint density at radius 1 is 1.16 bits per heavy atom. The Hall–Kier alpha value is -2.36. The van der Waals surface area contributed by atoms with Crippen molar-refractivity contribution >= 4 is 11.4 Å². The number of hydrogen-bond donors (Lipinski definition) is 1. The molecule has 0 atom stereocenters. The van der Waals surface area contributed by atoms with Crippen LogP contribution in [0.15, 0.2) is 42.5 Å². The maximum atomic E-state index is 10.9. The zero-order valence-corrected chi connectivity index (χ0v) is 11.0. The first-order chi connectivity index (χ1) is 9.06. The van der Waals surface area contributed by atoms with Gasteiger partial charge in [-0.2, -0.15) is 0 Å². The van der Waals surface area contributed by atoms with E-state index in [1.807, 2.05) is 31.2 Å². The number of nitro benzene ring substituents is 1. The molecular formula is C15H16N2O2. The summed E-state index contributed by atoms with van der Waals surface area (Å²) in [6.07, 6.45) is 0. The number of benzene rings is 2. The van der Waals surface area contributed by atoms with E-state index in [0.29, 0.717) is 12.1 Å². The Morgan fingerprint density at radius 2 is 1.95 bits per heavy atom. The second kappa shape index (κ2) is 5.52. The second-order valence-corrected chi connectivity index (χ2v) is 4.60. The number of anilines is 1. The predicted octanol–water partition coefficient (Wildman–Crippen LogP) is 3.82. The molecule has 0 spiro atoms. The second-order valence-electron chi connectivity index (χ2n) is 4.60. The molecule has 98 valence electrons. The third-order valence-corrected chi connectivity index (χ3v) is 2.98. The van der Waals surface area contributed by atoms with Gasteiger partial charge >= 0.3 is 0 Å². The molecule has 4 nitrogen and oxygen atoms in total. The Balaban J connectivity index is 2.12. The van der Waals surface area contributed by atoms with Gasteiger partial charge in [-0.1, -0.05) is 35.9 Å². The van der Waals surface area contributed by atoms with E-state index in [9.17, 15) is 10.1 Å². The van der Waals surface area contributed by atoms with Gasteiger partial charge < -0.3 is 5.32 Å². The van der Waals surface area contributed by atoms with E-state index >= 15 is 0 Å². The first kappa shape index (κ1) is 13.1. The summed E-state index contributed by atoms with van der Waals surface area (Å²) in [7, 11) is 0. The summed E-state index contributed by atoms with van der Waals surface area (Å²) in [5.41, 5.74) is 3.94. The van der Waals surface area contributed by atoms with Gasteiger partial charge in [-0.3, -0.25) is 10.1 Å². The van der Waals surface area contributed by atoms with Crippen LogP contribution in [-0.4, -0.2) is 4.92 Å². The molecule has 2 rings (SSSR count). The van der Waals surface area contributed by atoms with Crippen LogP contribution < -0.4 is 5.32 Å². The van der Waals surface area contributed by atoms with Crippen LogP contribution in [0.3, 0.4) is 0 Å². The van der Waals surface area contributed by atoms with Crippen LogP contribution in [-0.2, 0) is 6.54 Å². The highest BCUT2D eigenvalue weighted by Gasteiger charge is 2.10. The standard InChI is InChI=1S/C15H16N2O2/c1-11-4-3-5-13(8-11)10-16-14-7-6-12(2)15(9-14)17(18)19/h3-9,16H,10H2,1-2H3. The molecule has 0 aliphatic rings. The van der Waals surface area contributed by atoms with Gasteiger partial charge in [0.05, 0.1) is 4.92 Å². The molecule has 4 heteroatoms. The van der Waals surface area contributed by atoms with Crippen molar-refractivity contribution in [3.8, 4) is 0 Å². The summed E-state index contributed by atoms with van der Waals surface area (Å²) in [6, 6.07) is 13.4. The van der Waals surface area contributed by atoms with Crippen LogP contribution >= 0.6 is 0 Å². The van der Waals surface area contributed by atoms with Gasteiger partial charge in [-0.05, 0) is 25.5 Å².